The molecule has 1 spiro atoms. The van der Waals surface area contributed by atoms with Crippen LogP contribution in [0.25, 0.3) is 0 Å². The molecule has 0 bridgehead atoms. The maximum atomic E-state index is 12.7. The number of aromatic nitrogens is 1. The summed E-state index contributed by atoms with van der Waals surface area (Å²) in [4.78, 5) is 21.7. The highest BCUT2D eigenvalue weighted by atomic mass is 16.5. The number of piperidine rings is 1. The Labute approximate surface area is 149 Å². The second-order valence-corrected chi connectivity index (χ2v) is 7.37. The number of pyridine rings is 1. The van der Waals surface area contributed by atoms with Crippen molar-refractivity contribution < 1.29 is 14.3 Å². The van der Waals surface area contributed by atoms with Gasteiger partial charge in [-0.1, -0.05) is 6.07 Å². The summed E-state index contributed by atoms with van der Waals surface area (Å²) >= 11 is 0. The van der Waals surface area contributed by atoms with Crippen molar-refractivity contribution in [2.24, 2.45) is 0 Å². The van der Waals surface area contributed by atoms with Crippen LogP contribution < -0.4 is 0 Å². The van der Waals surface area contributed by atoms with Crippen LogP contribution in [0, 0.1) is 0 Å². The molecule has 6 heteroatoms. The quantitative estimate of drug-likeness (QED) is 0.773. The lowest BCUT2D eigenvalue weighted by Gasteiger charge is -2.61. The molecule has 3 aliphatic heterocycles. The molecule has 0 radical (unpaired) electrons. The summed E-state index contributed by atoms with van der Waals surface area (Å²) in [6.07, 6.45) is 5.41. The minimum absolute atomic E-state index is 0.127. The summed E-state index contributed by atoms with van der Waals surface area (Å²) in [6.45, 7) is 4.36. The maximum absolute atomic E-state index is 12.7. The van der Waals surface area contributed by atoms with E-state index in [9.17, 15) is 4.79 Å². The fraction of sp³-hybridized carbons (Fsp3) is 0.684. The van der Waals surface area contributed by atoms with E-state index in [0.29, 0.717) is 6.04 Å². The second-order valence-electron chi connectivity index (χ2n) is 7.37. The summed E-state index contributed by atoms with van der Waals surface area (Å²) in [5, 5.41) is 0. The van der Waals surface area contributed by atoms with Crippen LogP contribution in [0.15, 0.2) is 24.4 Å². The number of carbonyl (C=O) groups is 1. The lowest BCUT2D eigenvalue weighted by molar-refractivity contribution is -0.214. The molecule has 1 atom stereocenters. The number of hydrogen-bond acceptors (Lipinski definition) is 5. The Morgan fingerprint density at radius 2 is 2.04 bits per heavy atom. The van der Waals surface area contributed by atoms with Gasteiger partial charge in [0.2, 0.25) is 0 Å². The molecule has 4 rings (SSSR count). The molecular formula is C19H27N3O3. The number of β-lactam (4-membered cyclic amide) rings is 1. The summed E-state index contributed by atoms with van der Waals surface area (Å²) in [6, 6.07) is 6.39. The highest BCUT2D eigenvalue weighted by Gasteiger charge is 2.62. The predicted molar refractivity (Wildman–Crippen MR) is 93.0 cm³/mol. The molecule has 1 amide bonds. The summed E-state index contributed by atoms with van der Waals surface area (Å²) < 4.78 is 11.1. The Morgan fingerprint density at radius 3 is 2.68 bits per heavy atom. The van der Waals surface area contributed by atoms with Crippen molar-refractivity contribution in [1.82, 2.24) is 14.8 Å². The predicted octanol–water partition coefficient (Wildman–Crippen LogP) is 1.45. The standard InChI is InChI=1S/C19H27N3O3/c1-24-17-18(23)22(19(17)7-12-25-13-8-19)16-5-10-21(11-6-16)14-15-4-2-3-9-20-15/h2-4,9,16-17H,5-8,10-14H2,1H3. The molecule has 1 unspecified atom stereocenters. The monoisotopic (exact) mass is 345 g/mol. The van der Waals surface area contributed by atoms with Crippen LogP contribution in [-0.4, -0.2) is 71.8 Å². The van der Waals surface area contributed by atoms with Gasteiger partial charge in [-0.2, -0.15) is 0 Å². The molecular weight excluding hydrogens is 318 g/mol. The zero-order valence-electron chi connectivity index (χ0n) is 14.9. The van der Waals surface area contributed by atoms with Crippen molar-refractivity contribution in [2.45, 2.75) is 49.9 Å². The topological polar surface area (TPSA) is 54.9 Å². The van der Waals surface area contributed by atoms with Gasteiger partial charge in [0, 0.05) is 52.2 Å². The van der Waals surface area contributed by atoms with Crippen molar-refractivity contribution in [1.29, 1.82) is 0 Å². The van der Waals surface area contributed by atoms with E-state index in [-0.39, 0.29) is 17.6 Å². The third-order valence-electron chi connectivity index (χ3n) is 6.06. The van der Waals surface area contributed by atoms with E-state index >= 15 is 0 Å². The third kappa shape index (κ3) is 2.96. The van der Waals surface area contributed by atoms with Gasteiger partial charge in [-0.15, -0.1) is 0 Å². The van der Waals surface area contributed by atoms with Gasteiger partial charge in [0.25, 0.3) is 5.91 Å². The van der Waals surface area contributed by atoms with Crippen LogP contribution in [0.5, 0.6) is 0 Å². The van der Waals surface area contributed by atoms with E-state index in [0.717, 1.165) is 64.2 Å². The van der Waals surface area contributed by atoms with Crippen molar-refractivity contribution >= 4 is 5.91 Å². The number of amides is 1. The first-order valence-electron chi connectivity index (χ1n) is 9.30. The number of carbonyl (C=O) groups excluding carboxylic acids is 1. The van der Waals surface area contributed by atoms with Gasteiger partial charge >= 0.3 is 0 Å². The third-order valence-corrected chi connectivity index (χ3v) is 6.06. The van der Waals surface area contributed by atoms with Gasteiger partial charge in [-0.05, 0) is 37.8 Å². The summed E-state index contributed by atoms with van der Waals surface area (Å²) in [5.41, 5.74) is 0.985. The molecule has 0 N–H and O–H groups in total. The molecule has 1 aromatic heterocycles. The van der Waals surface area contributed by atoms with E-state index < -0.39 is 0 Å². The Bertz CT molecular complexity index is 595. The summed E-state index contributed by atoms with van der Waals surface area (Å²) in [5.74, 6) is 0.174. The largest absolute Gasteiger partial charge is 0.381 e. The Morgan fingerprint density at radius 1 is 1.28 bits per heavy atom. The van der Waals surface area contributed by atoms with E-state index in [1.54, 1.807) is 7.11 Å². The zero-order chi connectivity index (χ0) is 17.3. The molecule has 136 valence electrons. The zero-order valence-corrected chi connectivity index (χ0v) is 14.9. The lowest BCUT2D eigenvalue weighted by atomic mass is 9.72. The van der Waals surface area contributed by atoms with Gasteiger partial charge in [0.1, 0.15) is 0 Å². The smallest absolute Gasteiger partial charge is 0.254 e. The van der Waals surface area contributed by atoms with Crippen molar-refractivity contribution in [3.63, 3.8) is 0 Å². The van der Waals surface area contributed by atoms with Gasteiger partial charge in [0.05, 0.1) is 11.2 Å². The molecule has 25 heavy (non-hydrogen) atoms. The Kier molecular flexibility index (Phi) is 4.75. The van der Waals surface area contributed by atoms with E-state index in [1.807, 2.05) is 18.3 Å². The lowest BCUT2D eigenvalue weighted by Crippen LogP contribution is -2.78. The maximum Gasteiger partial charge on any atom is 0.254 e. The van der Waals surface area contributed by atoms with Crippen molar-refractivity contribution in [3.8, 4) is 0 Å². The molecule has 6 nitrogen and oxygen atoms in total. The van der Waals surface area contributed by atoms with Crippen molar-refractivity contribution in [3.05, 3.63) is 30.1 Å². The van der Waals surface area contributed by atoms with Gasteiger partial charge < -0.3 is 14.4 Å². The first-order chi connectivity index (χ1) is 12.2. The molecule has 0 aromatic carbocycles. The van der Waals surface area contributed by atoms with Gasteiger partial charge in [-0.3, -0.25) is 14.7 Å². The van der Waals surface area contributed by atoms with Gasteiger partial charge in [-0.25, -0.2) is 0 Å². The SMILES string of the molecule is COC1C(=O)N(C2CCN(Cc3ccccn3)CC2)C12CCOCC2. The average Bonchev–Trinajstić information content (AvgIpc) is 2.65. The van der Waals surface area contributed by atoms with Crippen LogP contribution in [0.1, 0.15) is 31.4 Å². The molecule has 0 saturated carbocycles. The van der Waals surface area contributed by atoms with Crippen LogP contribution in [0.4, 0.5) is 0 Å². The average molecular weight is 345 g/mol. The fourth-order valence-electron chi connectivity index (χ4n) is 4.78. The number of nitrogens with zero attached hydrogens (tertiary/aromatic N) is 3. The van der Waals surface area contributed by atoms with Crippen LogP contribution in [0.3, 0.4) is 0 Å². The number of methoxy groups -OCH3 is 1. The molecule has 3 fully saturated rings. The second kappa shape index (κ2) is 7.02. The van der Waals surface area contributed by atoms with E-state index in [2.05, 4.69) is 20.9 Å². The normalized spacial score (nSPS) is 27.5. The van der Waals surface area contributed by atoms with E-state index in [4.69, 9.17) is 9.47 Å². The molecule has 3 aliphatic rings. The summed E-state index contributed by atoms with van der Waals surface area (Å²) in [7, 11) is 1.66. The number of rotatable bonds is 4. The van der Waals surface area contributed by atoms with Crippen molar-refractivity contribution in [2.75, 3.05) is 33.4 Å². The van der Waals surface area contributed by atoms with Crippen LogP contribution >= 0.6 is 0 Å². The van der Waals surface area contributed by atoms with Gasteiger partial charge in [0.15, 0.2) is 6.10 Å². The van der Waals surface area contributed by atoms with Crippen LogP contribution in [-0.2, 0) is 20.8 Å². The van der Waals surface area contributed by atoms with Crippen LogP contribution in [0.2, 0.25) is 0 Å². The molecule has 1 aromatic rings. The number of likely N-dealkylation sites (tertiary alicyclic amines) is 2. The Balaban J connectivity index is 1.39. The number of ether oxygens (including phenoxy) is 2. The number of hydrogen-bond donors (Lipinski definition) is 0. The highest BCUT2D eigenvalue weighted by molar-refractivity contribution is 5.90. The minimum Gasteiger partial charge on any atom is -0.381 e. The first kappa shape index (κ1) is 16.9. The fourth-order valence-corrected chi connectivity index (χ4v) is 4.78. The molecule has 0 aliphatic carbocycles. The molecule has 3 saturated heterocycles. The van der Waals surface area contributed by atoms with E-state index in [1.165, 1.54) is 0 Å². The Hall–Kier alpha value is -1.50. The minimum atomic E-state index is -0.275. The first-order valence-corrected chi connectivity index (χ1v) is 9.30. The molecule has 4 heterocycles. The highest BCUT2D eigenvalue weighted by Crippen LogP contribution is 2.45.